The SMILES string of the molecule is Cc1nc(C2CCC(CS(=O)(=O)NCC3CC3)CC2)c2c(cnc3[nH]ccc32)n1. The van der Waals surface area contributed by atoms with Crippen molar-refractivity contribution in [3.63, 3.8) is 0 Å². The Hall–Kier alpha value is -2.06. The number of sulfonamides is 1. The Morgan fingerprint density at radius 3 is 2.62 bits per heavy atom. The van der Waals surface area contributed by atoms with Crippen LogP contribution in [0.4, 0.5) is 0 Å². The van der Waals surface area contributed by atoms with Gasteiger partial charge in [0.1, 0.15) is 11.5 Å². The quantitative estimate of drug-likeness (QED) is 0.645. The number of aryl methyl sites for hydroxylation is 1. The topological polar surface area (TPSA) is 101 Å². The molecule has 0 aromatic carbocycles. The van der Waals surface area contributed by atoms with E-state index in [1.165, 1.54) is 0 Å². The van der Waals surface area contributed by atoms with Crippen molar-refractivity contribution in [1.82, 2.24) is 24.7 Å². The number of H-pyrrole nitrogens is 1. The molecule has 0 aliphatic heterocycles. The Kier molecular flexibility index (Phi) is 4.78. The van der Waals surface area contributed by atoms with Gasteiger partial charge in [-0.25, -0.2) is 28.1 Å². The van der Waals surface area contributed by atoms with E-state index in [2.05, 4.69) is 19.7 Å². The van der Waals surface area contributed by atoms with Crippen LogP contribution in [0.5, 0.6) is 0 Å². The van der Waals surface area contributed by atoms with Gasteiger partial charge in [0.15, 0.2) is 0 Å². The number of aromatic nitrogens is 4. The molecule has 0 amide bonds. The molecule has 3 aromatic rings. The molecule has 0 unspecified atom stereocenters. The van der Waals surface area contributed by atoms with Crippen LogP contribution in [-0.2, 0) is 10.0 Å². The third-order valence-corrected chi connectivity index (χ3v) is 7.88. The second-order valence-electron chi connectivity index (χ2n) is 8.71. The fourth-order valence-electron chi connectivity index (χ4n) is 4.61. The predicted octanol–water partition coefficient (Wildman–Crippen LogP) is 3.42. The zero-order valence-electron chi connectivity index (χ0n) is 16.7. The second-order valence-corrected chi connectivity index (χ2v) is 10.6. The number of rotatable bonds is 6. The number of pyridine rings is 1. The molecule has 3 heterocycles. The average molecular weight is 414 g/mol. The lowest BCUT2D eigenvalue weighted by Gasteiger charge is -2.28. The Balaban J connectivity index is 1.34. The first-order chi connectivity index (χ1) is 14.0. The highest BCUT2D eigenvalue weighted by atomic mass is 32.2. The van der Waals surface area contributed by atoms with E-state index in [1.807, 2.05) is 25.4 Å². The Bertz CT molecular complexity index is 1140. The second kappa shape index (κ2) is 7.32. The van der Waals surface area contributed by atoms with Gasteiger partial charge in [0.2, 0.25) is 10.0 Å². The summed E-state index contributed by atoms with van der Waals surface area (Å²) in [7, 11) is -3.17. The standard InChI is InChI=1S/C21H27N5O2S/c1-13-25-18-11-23-21-17(8-9-22-21)19(18)20(26-13)16-6-4-15(5-7-16)12-29(27,28)24-10-14-2-3-14/h8-9,11,14-16,24H,2-7,10,12H2,1H3,(H,22,23). The van der Waals surface area contributed by atoms with E-state index < -0.39 is 10.0 Å². The van der Waals surface area contributed by atoms with E-state index in [0.29, 0.717) is 18.4 Å². The molecular formula is C21H27N5O2S. The van der Waals surface area contributed by atoms with E-state index in [0.717, 1.165) is 72.0 Å². The summed E-state index contributed by atoms with van der Waals surface area (Å²) in [6.07, 6.45) is 9.79. The summed E-state index contributed by atoms with van der Waals surface area (Å²) in [4.78, 5) is 17.1. The van der Waals surface area contributed by atoms with Crippen molar-refractivity contribution in [2.45, 2.75) is 51.4 Å². The van der Waals surface area contributed by atoms with Crippen molar-refractivity contribution in [2.24, 2.45) is 11.8 Å². The number of nitrogens with one attached hydrogen (secondary N) is 2. The van der Waals surface area contributed by atoms with Gasteiger partial charge >= 0.3 is 0 Å². The molecule has 0 atom stereocenters. The highest BCUT2D eigenvalue weighted by molar-refractivity contribution is 7.89. The molecule has 7 nitrogen and oxygen atoms in total. The lowest BCUT2D eigenvalue weighted by atomic mass is 9.80. The zero-order valence-corrected chi connectivity index (χ0v) is 17.5. The van der Waals surface area contributed by atoms with Crippen molar-refractivity contribution in [3.05, 3.63) is 30.0 Å². The van der Waals surface area contributed by atoms with Crippen LogP contribution in [0, 0.1) is 18.8 Å². The summed E-state index contributed by atoms with van der Waals surface area (Å²) in [5.74, 6) is 2.14. The van der Waals surface area contributed by atoms with Gasteiger partial charge in [-0.05, 0) is 63.4 Å². The van der Waals surface area contributed by atoms with Gasteiger partial charge in [0.05, 0.1) is 23.2 Å². The summed E-state index contributed by atoms with van der Waals surface area (Å²) in [6, 6.07) is 2.04. The molecule has 2 fully saturated rings. The normalized spacial score (nSPS) is 23.1. The van der Waals surface area contributed by atoms with Gasteiger partial charge in [0.25, 0.3) is 0 Å². The summed E-state index contributed by atoms with van der Waals surface area (Å²) < 4.78 is 27.6. The maximum atomic E-state index is 12.4. The first-order valence-electron chi connectivity index (χ1n) is 10.6. The smallest absolute Gasteiger partial charge is 0.211 e. The molecule has 8 heteroatoms. The van der Waals surface area contributed by atoms with E-state index in [1.54, 1.807) is 0 Å². The monoisotopic (exact) mass is 413 g/mol. The molecule has 2 saturated carbocycles. The van der Waals surface area contributed by atoms with Crippen LogP contribution >= 0.6 is 0 Å². The molecule has 2 aliphatic rings. The van der Waals surface area contributed by atoms with Gasteiger partial charge in [-0.1, -0.05) is 0 Å². The van der Waals surface area contributed by atoms with E-state index >= 15 is 0 Å². The minimum atomic E-state index is -3.17. The number of fused-ring (bicyclic) bond motifs is 3. The molecule has 0 bridgehead atoms. The number of hydrogen-bond donors (Lipinski definition) is 2. The van der Waals surface area contributed by atoms with Crippen molar-refractivity contribution < 1.29 is 8.42 Å². The van der Waals surface area contributed by atoms with Crippen LogP contribution in [-0.4, -0.2) is 40.7 Å². The van der Waals surface area contributed by atoms with Gasteiger partial charge in [-0.15, -0.1) is 0 Å². The minimum Gasteiger partial charge on any atom is -0.346 e. The third kappa shape index (κ3) is 4.00. The maximum absolute atomic E-state index is 12.4. The zero-order chi connectivity index (χ0) is 20.0. The van der Waals surface area contributed by atoms with Gasteiger partial charge in [-0.2, -0.15) is 0 Å². The fraction of sp³-hybridized carbons (Fsp3) is 0.571. The first kappa shape index (κ1) is 18.9. The predicted molar refractivity (Wildman–Crippen MR) is 113 cm³/mol. The number of nitrogens with zero attached hydrogens (tertiary/aromatic N) is 3. The highest BCUT2D eigenvalue weighted by Crippen LogP contribution is 2.39. The van der Waals surface area contributed by atoms with Crippen LogP contribution < -0.4 is 4.72 Å². The summed E-state index contributed by atoms with van der Waals surface area (Å²) >= 11 is 0. The highest BCUT2D eigenvalue weighted by Gasteiger charge is 2.30. The van der Waals surface area contributed by atoms with Gasteiger partial charge in [0, 0.05) is 29.4 Å². The number of aromatic amines is 1. The summed E-state index contributed by atoms with van der Waals surface area (Å²) in [5, 5.41) is 2.15. The van der Waals surface area contributed by atoms with Crippen molar-refractivity contribution in [1.29, 1.82) is 0 Å². The van der Waals surface area contributed by atoms with Gasteiger partial charge < -0.3 is 4.98 Å². The van der Waals surface area contributed by atoms with Crippen LogP contribution in [0.25, 0.3) is 21.9 Å². The van der Waals surface area contributed by atoms with Crippen LogP contribution in [0.3, 0.4) is 0 Å². The molecule has 2 N–H and O–H groups in total. The summed E-state index contributed by atoms with van der Waals surface area (Å²) in [6.45, 7) is 2.54. The summed E-state index contributed by atoms with van der Waals surface area (Å²) in [5.41, 5.74) is 2.83. The van der Waals surface area contributed by atoms with E-state index in [4.69, 9.17) is 4.98 Å². The lowest BCUT2D eigenvalue weighted by molar-refractivity contribution is 0.345. The molecule has 0 radical (unpaired) electrons. The molecule has 5 rings (SSSR count). The van der Waals surface area contributed by atoms with Crippen molar-refractivity contribution in [3.8, 4) is 0 Å². The number of hydrogen-bond acceptors (Lipinski definition) is 5. The molecule has 0 spiro atoms. The average Bonchev–Trinajstić information content (AvgIpc) is 3.41. The molecular weight excluding hydrogens is 386 g/mol. The fourth-order valence-corrected chi connectivity index (χ4v) is 6.18. The van der Waals surface area contributed by atoms with Crippen LogP contribution in [0.2, 0.25) is 0 Å². The van der Waals surface area contributed by atoms with Crippen molar-refractivity contribution >= 4 is 32.0 Å². The molecule has 3 aromatic heterocycles. The Morgan fingerprint density at radius 1 is 1.10 bits per heavy atom. The largest absolute Gasteiger partial charge is 0.346 e. The van der Waals surface area contributed by atoms with E-state index in [9.17, 15) is 8.42 Å². The van der Waals surface area contributed by atoms with Crippen LogP contribution in [0.1, 0.15) is 56.0 Å². The first-order valence-corrected chi connectivity index (χ1v) is 12.2. The Morgan fingerprint density at radius 2 is 1.86 bits per heavy atom. The maximum Gasteiger partial charge on any atom is 0.211 e. The van der Waals surface area contributed by atoms with E-state index in [-0.39, 0.29) is 11.7 Å². The Labute approximate surface area is 170 Å². The van der Waals surface area contributed by atoms with Gasteiger partial charge in [-0.3, -0.25) is 0 Å². The molecule has 2 aliphatic carbocycles. The lowest BCUT2D eigenvalue weighted by Crippen LogP contribution is -2.32. The van der Waals surface area contributed by atoms with Crippen molar-refractivity contribution in [2.75, 3.05) is 12.3 Å². The molecule has 0 saturated heterocycles. The molecule has 29 heavy (non-hydrogen) atoms. The third-order valence-electron chi connectivity index (χ3n) is 6.36. The minimum absolute atomic E-state index is 0.228. The molecule has 154 valence electrons. The van der Waals surface area contributed by atoms with Crippen LogP contribution in [0.15, 0.2) is 18.5 Å².